The van der Waals surface area contributed by atoms with Crippen LogP contribution in [-0.4, -0.2) is 59.4 Å². The van der Waals surface area contributed by atoms with E-state index in [1.54, 1.807) is 0 Å². The Bertz CT molecular complexity index is 281. The summed E-state index contributed by atoms with van der Waals surface area (Å²) in [5.74, 6) is -0.862. The van der Waals surface area contributed by atoms with Gasteiger partial charge in [0.1, 0.15) is 5.41 Å². The predicted molar refractivity (Wildman–Crippen MR) is 59.2 cm³/mol. The van der Waals surface area contributed by atoms with E-state index in [-0.39, 0.29) is 0 Å². The van der Waals surface area contributed by atoms with Gasteiger partial charge in [0.2, 0.25) is 0 Å². The molecule has 0 bridgehead atoms. The molecule has 0 atom stereocenters. The SMILES string of the molecule is CCN1CCC(O)(C2(C(=O)O)CNC2)CC1. The van der Waals surface area contributed by atoms with Gasteiger partial charge >= 0.3 is 5.97 Å². The van der Waals surface area contributed by atoms with E-state index < -0.39 is 17.0 Å². The molecule has 92 valence electrons. The summed E-state index contributed by atoms with van der Waals surface area (Å²) in [5, 5.41) is 22.9. The van der Waals surface area contributed by atoms with E-state index >= 15 is 0 Å². The van der Waals surface area contributed by atoms with Crippen molar-refractivity contribution in [2.45, 2.75) is 25.4 Å². The molecule has 16 heavy (non-hydrogen) atoms. The average molecular weight is 228 g/mol. The first-order valence-electron chi connectivity index (χ1n) is 5.93. The van der Waals surface area contributed by atoms with Gasteiger partial charge in [0, 0.05) is 26.2 Å². The summed E-state index contributed by atoms with van der Waals surface area (Å²) in [7, 11) is 0. The molecule has 3 N–H and O–H groups in total. The molecule has 2 aliphatic rings. The Morgan fingerprint density at radius 2 is 1.94 bits per heavy atom. The molecule has 2 saturated heterocycles. The van der Waals surface area contributed by atoms with Crippen molar-refractivity contribution in [1.29, 1.82) is 0 Å². The number of carboxylic acid groups (broad SMARTS) is 1. The number of nitrogens with one attached hydrogen (secondary N) is 1. The highest BCUT2D eigenvalue weighted by molar-refractivity contribution is 5.78. The fraction of sp³-hybridized carbons (Fsp3) is 0.909. The third-order valence-electron chi connectivity index (χ3n) is 4.28. The Morgan fingerprint density at radius 1 is 1.38 bits per heavy atom. The molecule has 2 fully saturated rings. The van der Waals surface area contributed by atoms with Gasteiger partial charge < -0.3 is 20.4 Å². The molecule has 0 aromatic heterocycles. The maximum absolute atomic E-state index is 11.3. The lowest BCUT2D eigenvalue weighted by atomic mass is 9.63. The van der Waals surface area contributed by atoms with E-state index in [2.05, 4.69) is 17.1 Å². The molecule has 0 aliphatic carbocycles. The van der Waals surface area contributed by atoms with Gasteiger partial charge in [-0.1, -0.05) is 6.92 Å². The number of carboxylic acids is 1. The van der Waals surface area contributed by atoms with Gasteiger partial charge in [-0.05, 0) is 19.4 Å². The first-order chi connectivity index (χ1) is 7.54. The minimum Gasteiger partial charge on any atom is -0.481 e. The van der Waals surface area contributed by atoms with Crippen molar-refractivity contribution in [3.05, 3.63) is 0 Å². The molecule has 5 nitrogen and oxygen atoms in total. The van der Waals surface area contributed by atoms with E-state index in [0.29, 0.717) is 25.9 Å². The van der Waals surface area contributed by atoms with Crippen LogP contribution in [0.4, 0.5) is 0 Å². The number of aliphatic carboxylic acids is 1. The Hall–Kier alpha value is -0.650. The molecule has 2 rings (SSSR count). The largest absolute Gasteiger partial charge is 0.481 e. The minimum absolute atomic E-state index is 0.394. The van der Waals surface area contributed by atoms with Crippen molar-refractivity contribution in [2.24, 2.45) is 5.41 Å². The quantitative estimate of drug-likeness (QED) is 0.608. The third kappa shape index (κ3) is 1.54. The molecular weight excluding hydrogens is 208 g/mol. The number of nitrogens with zero attached hydrogens (tertiary/aromatic N) is 1. The summed E-state index contributed by atoms with van der Waals surface area (Å²) in [5.41, 5.74) is -1.98. The van der Waals surface area contributed by atoms with Crippen LogP contribution in [0.5, 0.6) is 0 Å². The number of likely N-dealkylation sites (tertiary alicyclic amines) is 1. The highest BCUT2D eigenvalue weighted by Gasteiger charge is 2.60. The average Bonchev–Trinajstić information content (AvgIpc) is 2.16. The molecule has 5 heteroatoms. The second kappa shape index (κ2) is 3.98. The number of piperidine rings is 1. The molecule has 0 amide bonds. The second-order valence-electron chi connectivity index (χ2n) is 4.96. The zero-order chi connectivity index (χ0) is 11.8. The smallest absolute Gasteiger partial charge is 0.315 e. The Labute approximate surface area is 95.4 Å². The maximum Gasteiger partial charge on any atom is 0.315 e. The Balaban J connectivity index is 2.11. The summed E-state index contributed by atoms with van der Waals surface area (Å²) in [6.07, 6.45) is 1.13. The molecular formula is C11H20N2O3. The molecule has 2 aliphatic heterocycles. The lowest BCUT2D eigenvalue weighted by Crippen LogP contribution is -2.71. The van der Waals surface area contributed by atoms with Crippen molar-refractivity contribution in [3.8, 4) is 0 Å². The summed E-state index contributed by atoms with van der Waals surface area (Å²) in [6, 6.07) is 0. The van der Waals surface area contributed by atoms with Gasteiger partial charge in [-0.2, -0.15) is 0 Å². The van der Waals surface area contributed by atoms with E-state index in [0.717, 1.165) is 19.6 Å². The van der Waals surface area contributed by atoms with Crippen LogP contribution in [0.15, 0.2) is 0 Å². The van der Waals surface area contributed by atoms with E-state index in [1.165, 1.54) is 0 Å². The normalized spacial score (nSPS) is 28.4. The highest BCUT2D eigenvalue weighted by atomic mass is 16.4. The van der Waals surface area contributed by atoms with Crippen LogP contribution in [0.25, 0.3) is 0 Å². The molecule has 0 saturated carbocycles. The number of aliphatic hydroxyl groups is 1. The van der Waals surface area contributed by atoms with Crippen molar-refractivity contribution in [3.63, 3.8) is 0 Å². The van der Waals surface area contributed by atoms with E-state index in [4.69, 9.17) is 0 Å². The molecule has 0 aromatic carbocycles. The standard InChI is InChI=1S/C11H20N2O3/c1-2-13-5-3-11(16,4-6-13)10(9(14)15)7-12-8-10/h12,16H,2-8H2,1H3,(H,14,15). The number of carbonyl (C=O) groups is 1. The molecule has 0 aromatic rings. The lowest BCUT2D eigenvalue weighted by Gasteiger charge is -2.53. The zero-order valence-corrected chi connectivity index (χ0v) is 9.70. The number of rotatable bonds is 3. The highest BCUT2D eigenvalue weighted by Crippen LogP contribution is 2.42. The van der Waals surface area contributed by atoms with Crippen LogP contribution in [0, 0.1) is 5.41 Å². The fourth-order valence-corrected chi connectivity index (χ4v) is 2.77. The zero-order valence-electron chi connectivity index (χ0n) is 9.70. The van der Waals surface area contributed by atoms with Crippen molar-refractivity contribution >= 4 is 5.97 Å². The topological polar surface area (TPSA) is 72.8 Å². The van der Waals surface area contributed by atoms with Gasteiger partial charge in [0.15, 0.2) is 0 Å². The van der Waals surface area contributed by atoms with Gasteiger partial charge in [0.05, 0.1) is 5.60 Å². The van der Waals surface area contributed by atoms with Crippen molar-refractivity contribution < 1.29 is 15.0 Å². The molecule has 0 radical (unpaired) electrons. The van der Waals surface area contributed by atoms with E-state index in [9.17, 15) is 15.0 Å². The molecule has 0 spiro atoms. The summed E-state index contributed by atoms with van der Waals surface area (Å²) < 4.78 is 0. The Kier molecular flexibility index (Phi) is 2.94. The van der Waals surface area contributed by atoms with Crippen molar-refractivity contribution in [2.75, 3.05) is 32.7 Å². The van der Waals surface area contributed by atoms with Gasteiger partial charge in [0.25, 0.3) is 0 Å². The maximum atomic E-state index is 11.3. The number of hydrogen-bond donors (Lipinski definition) is 3. The van der Waals surface area contributed by atoms with Gasteiger partial charge in [-0.3, -0.25) is 4.79 Å². The first kappa shape index (κ1) is 11.8. The number of hydrogen-bond acceptors (Lipinski definition) is 4. The third-order valence-corrected chi connectivity index (χ3v) is 4.28. The fourth-order valence-electron chi connectivity index (χ4n) is 2.77. The first-order valence-corrected chi connectivity index (χ1v) is 5.93. The monoisotopic (exact) mass is 228 g/mol. The summed E-state index contributed by atoms with van der Waals surface area (Å²) in [4.78, 5) is 13.6. The van der Waals surface area contributed by atoms with Crippen LogP contribution >= 0.6 is 0 Å². The summed E-state index contributed by atoms with van der Waals surface area (Å²) in [6.45, 7) is 5.43. The predicted octanol–water partition coefficient (Wildman–Crippen LogP) is -0.493. The minimum atomic E-state index is -1.03. The van der Waals surface area contributed by atoms with Crippen LogP contribution in [0.1, 0.15) is 19.8 Å². The molecule has 2 heterocycles. The van der Waals surface area contributed by atoms with E-state index in [1.807, 2.05) is 0 Å². The van der Waals surface area contributed by atoms with Crippen LogP contribution < -0.4 is 5.32 Å². The van der Waals surface area contributed by atoms with Gasteiger partial charge in [-0.25, -0.2) is 0 Å². The second-order valence-corrected chi connectivity index (χ2v) is 4.96. The van der Waals surface area contributed by atoms with Gasteiger partial charge in [-0.15, -0.1) is 0 Å². The molecule has 0 unspecified atom stereocenters. The Morgan fingerprint density at radius 3 is 2.25 bits per heavy atom. The lowest BCUT2D eigenvalue weighted by molar-refractivity contribution is -0.186. The van der Waals surface area contributed by atoms with Crippen LogP contribution in [0.2, 0.25) is 0 Å². The summed E-state index contributed by atoms with van der Waals surface area (Å²) >= 11 is 0. The van der Waals surface area contributed by atoms with Crippen LogP contribution in [0.3, 0.4) is 0 Å². The van der Waals surface area contributed by atoms with Crippen molar-refractivity contribution in [1.82, 2.24) is 10.2 Å². The van der Waals surface area contributed by atoms with Crippen LogP contribution in [-0.2, 0) is 4.79 Å².